The van der Waals surface area contributed by atoms with E-state index in [0.29, 0.717) is 19.7 Å². The lowest BCUT2D eigenvalue weighted by Crippen LogP contribution is -2.42. The Labute approximate surface area is 117 Å². The van der Waals surface area contributed by atoms with E-state index in [2.05, 4.69) is 11.1 Å². The first-order valence-corrected chi connectivity index (χ1v) is 6.57. The van der Waals surface area contributed by atoms with Crippen molar-refractivity contribution < 1.29 is 9.84 Å². The number of ether oxygens (including phenoxy) is 1. The lowest BCUT2D eigenvalue weighted by molar-refractivity contribution is 0.0760. The van der Waals surface area contributed by atoms with Crippen LogP contribution in [0.15, 0.2) is 30.3 Å². The van der Waals surface area contributed by atoms with Crippen molar-refractivity contribution in [2.24, 2.45) is 0 Å². The number of anilines is 1. The summed E-state index contributed by atoms with van der Waals surface area (Å²) in [5.74, 6) is 0.745. The standard InChI is InChI=1S/C15H15N3O2/c16-8-13-9-18(5-6-20-13)15-12(10-19)7-11-3-1-2-4-14(11)17-15/h1-4,7,13,19H,5-6,9-10H2. The number of para-hydroxylation sites is 1. The predicted molar refractivity (Wildman–Crippen MR) is 75.2 cm³/mol. The molecular formula is C15H15N3O2. The molecule has 1 unspecified atom stereocenters. The van der Waals surface area contributed by atoms with Gasteiger partial charge in [-0.25, -0.2) is 4.98 Å². The molecule has 20 heavy (non-hydrogen) atoms. The second-order valence-corrected chi connectivity index (χ2v) is 4.76. The molecule has 1 aromatic heterocycles. The average molecular weight is 269 g/mol. The van der Waals surface area contributed by atoms with Crippen LogP contribution in [0.4, 0.5) is 5.82 Å². The van der Waals surface area contributed by atoms with Crippen LogP contribution in [0.1, 0.15) is 5.56 Å². The fourth-order valence-electron chi connectivity index (χ4n) is 2.46. The van der Waals surface area contributed by atoms with Crippen molar-refractivity contribution in [1.29, 1.82) is 5.26 Å². The molecule has 1 aromatic carbocycles. The maximum atomic E-state index is 9.57. The van der Waals surface area contributed by atoms with Gasteiger partial charge >= 0.3 is 0 Å². The lowest BCUT2D eigenvalue weighted by atomic mass is 10.1. The first-order chi connectivity index (χ1) is 9.81. The van der Waals surface area contributed by atoms with E-state index in [1.807, 2.05) is 35.2 Å². The number of morpholine rings is 1. The van der Waals surface area contributed by atoms with Gasteiger partial charge in [0.15, 0.2) is 6.10 Å². The van der Waals surface area contributed by atoms with Gasteiger partial charge in [-0.3, -0.25) is 0 Å². The Kier molecular flexibility index (Phi) is 3.50. The van der Waals surface area contributed by atoms with Crippen LogP contribution in [0.25, 0.3) is 10.9 Å². The predicted octanol–water partition coefficient (Wildman–Crippen LogP) is 1.46. The van der Waals surface area contributed by atoms with E-state index < -0.39 is 6.10 Å². The fourth-order valence-corrected chi connectivity index (χ4v) is 2.46. The van der Waals surface area contributed by atoms with Crippen LogP contribution < -0.4 is 4.90 Å². The minimum atomic E-state index is -0.441. The lowest BCUT2D eigenvalue weighted by Gasteiger charge is -2.32. The number of fused-ring (bicyclic) bond motifs is 1. The fraction of sp³-hybridized carbons (Fsp3) is 0.333. The summed E-state index contributed by atoms with van der Waals surface area (Å²) in [6.45, 7) is 1.59. The minimum absolute atomic E-state index is 0.0677. The van der Waals surface area contributed by atoms with E-state index in [4.69, 9.17) is 10.00 Å². The zero-order valence-electron chi connectivity index (χ0n) is 11.0. The Morgan fingerprint density at radius 3 is 3.10 bits per heavy atom. The van der Waals surface area contributed by atoms with Crippen LogP contribution in [0.3, 0.4) is 0 Å². The summed E-state index contributed by atoms with van der Waals surface area (Å²) in [5, 5.41) is 19.6. The molecule has 3 rings (SSSR count). The first kappa shape index (κ1) is 12.9. The van der Waals surface area contributed by atoms with Crippen molar-refractivity contribution in [1.82, 2.24) is 4.98 Å². The quantitative estimate of drug-likeness (QED) is 0.893. The molecule has 2 heterocycles. The number of aliphatic hydroxyl groups is 1. The highest BCUT2D eigenvalue weighted by Crippen LogP contribution is 2.25. The number of aliphatic hydroxyl groups excluding tert-OH is 1. The second kappa shape index (κ2) is 5.45. The summed E-state index contributed by atoms with van der Waals surface area (Å²) in [5.41, 5.74) is 1.67. The molecule has 0 aliphatic carbocycles. The van der Waals surface area contributed by atoms with Crippen LogP contribution in [-0.2, 0) is 11.3 Å². The van der Waals surface area contributed by atoms with Crippen molar-refractivity contribution in [3.63, 3.8) is 0 Å². The van der Waals surface area contributed by atoms with Gasteiger partial charge in [0.05, 0.1) is 31.3 Å². The number of hydrogen-bond donors (Lipinski definition) is 1. The molecule has 1 N–H and O–H groups in total. The zero-order valence-corrected chi connectivity index (χ0v) is 11.0. The van der Waals surface area contributed by atoms with Crippen LogP contribution in [0.2, 0.25) is 0 Å². The van der Waals surface area contributed by atoms with Gasteiger partial charge in [0, 0.05) is 17.5 Å². The Bertz CT molecular complexity index is 666. The summed E-state index contributed by atoms with van der Waals surface area (Å²) < 4.78 is 5.35. The summed E-state index contributed by atoms with van der Waals surface area (Å²) in [6, 6.07) is 11.9. The van der Waals surface area contributed by atoms with Gasteiger partial charge in [0.1, 0.15) is 5.82 Å². The van der Waals surface area contributed by atoms with Gasteiger partial charge < -0.3 is 14.7 Å². The molecule has 0 amide bonds. The molecule has 5 heteroatoms. The van der Waals surface area contributed by atoms with Crippen molar-refractivity contribution in [3.8, 4) is 6.07 Å². The highest BCUT2D eigenvalue weighted by Gasteiger charge is 2.23. The first-order valence-electron chi connectivity index (χ1n) is 6.57. The van der Waals surface area contributed by atoms with Crippen molar-refractivity contribution in [2.45, 2.75) is 12.7 Å². The smallest absolute Gasteiger partial charge is 0.161 e. The number of hydrogen-bond acceptors (Lipinski definition) is 5. The van der Waals surface area contributed by atoms with E-state index in [-0.39, 0.29) is 6.61 Å². The van der Waals surface area contributed by atoms with Gasteiger partial charge in [0.25, 0.3) is 0 Å². The molecule has 1 aliphatic rings. The molecule has 1 aliphatic heterocycles. The van der Waals surface area contributed by atoms with E-state index in [9.17, 15) is 5.11 Å². The Hall–Kier alpha value is -2.16. The van der Waals surface area contributed by atoms with Crippen molar-refractivity contribution >= 4 is 16.7 Å². The molecule has 0 bridgehead atoms. The Balaban J connectivity index is 2.03. The average Bonchev–Trinajstić information content (AvgIpc) is 2.53. The summed E-state index contributed by atoms with van der Waals surface area (Å²) in [6.07, 6.45) is -0.441. The molecule has 2 aromatic rings. The highest BCUT2D eigenvalue weighted by molar-refractivity contribution is 5.81. The van der Waals surface area contributed by atoms with E-state index in [0.717, 1.165) is 22.3 Å². The van der Waals surface area contributed by atoms with Crippen molar-refractivity contribution in [3.05, 3.63) is 35.9 Å². The van der Waals surface area contributed by atoms with Crippen molar-refractivity contribution in [2.75, 3.05) is 24.6 Å². The molecule has 0 spiro atoms. The molecule has 1 atom stereocenters. The second-order valence-electron chi connectivity index (χ2n) is 4.76. The van der Waals surface area contributed by atoms with Crippen LogP contribution in [0.5, 0.6) is 0 Å². The number of rotatable bonds is 2. The highest BCUT2D eigenvalue weighted by atomic mass is 16.5. The van der Waals surface area contributed by atoms with Gasteiger partial charge in [-0.05, 0) is 12.1 Å². The van der Waals surface area contributed by atoms with Gasteiger partial charge in [-0.1, -0.05) is 18.2 Å². The number of benzene rings is 1. The SMILES string of the molecule is N#CC1CN(c2nc3ccccc3cc2CO)CCO1. The summed E-state index contributed by atoms with van der Waals surface area (Å²) in [7, 11) is 0. The normalized spacial score (nSPS) is 19.0. The molecule has 0 saturated carbocycles. The van der Waals surface area contributed by atoms with E-state index in [1.54, 1.807) is 0 Å². The topological polar surface area (TPSA) is 69.4 Å². The minimum Gasteiger partial charge on any atom is -0.392 e. The molecule has 5 nitrogen and oxygen atoms in total. The molecule has 1 saturated heterocycles. The van der Waals surface area contributed by atoms with Crippen LogP contribution in [0, 0.1) is 11.3 Å². The molecule has 0 radical (unpaired) electrons. The maximum absolute atomic E-state index is 9.57. The summed E-state index contributed by atoms with van der Waals surface area (Å²) >= 11 is 0. The maximum Gasteiger partial charge on any atom is 0.161 e. The van der Waals surface area contributed by atoms with Crippen LogP contribution in [-0.4, -0.2) is 35.9 Å². The Morgan fingerprint density at radius 2 is 2.30 bits per heavy atom. The van der Waals surface area contributed by atoms with Gasteiger partial charge in [-0.15, -0.1) is 0 Å². The molecule has 1 fully saturated rings. The number of nitrogens with zero attached hydrogens (tertiary/aromatic N) is 3. The third kappa shape index (κ3) is 2.31. The third-order valence-corrected chi connectivity index (χ3v) is 3.46. The monoisotopic (exact) mass is 269 g/mol. The number of aromatic nitrogens is 1. The zero-order chi connectivity index (χ0) is 13.9. The van der Waals surface area contributed by atoms with Gasteiger partial charge in [0.2, 0.25) is 0 Å². The van der Waals surface area contributed by atoms with Crippen LogP contribution >= 0.6 is 0 Å². The van der Waals surface area contributed by atoms with E-state index in [1.165, 1.54) is 0 Å². The summed E-state index contributed by atoms with van der Waals surface area (Å²) in [4.78, 5) is 6.65. The molecule has 102 valence electrons. The number of nitriles is 1. The largest absolute Gasteiger partial charge is 0.392 e. The Morgan fingerprint density at radius 1 is 1.45 bits per heavy atom. The van der Waals surface area contributed by atoms with Gasteiger partial charge in [-0.2, -0.15) is 5.26 Å². The third-order valence-electron chi connectivity index (χ3n) is 3.46. The van der Waals surface area contributed by atoms with E-state index >= 15 is 0 Å². The molecular weight excluding hydrogens is 254 g/mol. The number of pyridine rings is 1.